The normalized spacial score (nSPS) is 16.7. The summed E-state index contributed by atoms with van der Waals surface area (Å²) in [5.74, 6) is 0. The van der Waals surface area contributed by atoms with Gasteiger partial charge in [0, 0.05) is 4.57 Å². The maximum atomic E-state index is 3.46. The van der Waals surface area contributed by atoms with Crippen molar-refractivity contribution in [1.29, 1.82) is 0 Å². The van der Waals surface area contributed by atoms with Crippen molar-refractivity contribution >= 4 is 25.2 Å². The van der Waals surface area contributed by atoms with Crippen molar-refractivity contribution in [3.63, 3.8) is 0 Å². The average molecular weight is 183 g/mol. The van der Waals surface area contributed by atoms with Gasteiger partial charge < -0.3 is 0 Å². The lowest BCUT2D eigenvalue weighted by molar-refractivity contribution is 0.463. The Hall–Kier alpha value is 0.910. The van der Waals surface area contributed by atoms with Crippen molar-refractivity contribution in [2.24, 2.45) is 5.41 Å². The lowest BCUT2D eigenvalue weighted by Gasteiger charge is -2.20. The van der Waals surface area contributed by atoms with Gasteiger partial charge in [-0.15, -0.1) is 9.24 Å². The number of rotatable bonds is 0. The fraction of sp³-hybridized carbons (Fsp3) is 1.00. The second-order valence-corrected chi connectivity index (χ2v) is 5.40. The van der Waals surface area contributed by atoms with Crippen LogP contribution in [0.25, 0.3) is 0 Å². The molecule has 0 amide bonds. The molecule has 0 aromatic rings. The Morgan fingerprint density at radius 1 is 1.43 bits per heavy atom. The summed E-state index contributed by atoms with van der Waals surface area (Å²) in [7, 11) is 2.72. The molecule has 2 unspecified atom stereocenters. The first-order valence-corrected chi connectivity index (χ1v) is 3.92. The second kappa shape index (κ2) is 2.46. The fourth-order valence-electron chi connectivity index (χ4n) is 0. The summed E-state index contributed by atoms with van der Waals surface area (Å²) in [6.07, 6.45) is 0. The first kappa shape index (κ1) is 7.91. The smallest absolute Gasteiger partial charge is 0.0336 e. The molecule has 0 spiro atoms. The molecule has 0 aliphatic heterocycles. The fourth-order valence-corrected chi connectivity index (χ4v) is 0. The van der Waals surface area contributed by atoms with Crippen LogP contribution in [0.2, 0.25) is 0 Å². The summed E-state index contributed by atoms with van der Waals surface area (Å²) < 4.78 is 0.528. The highest BCUT2D eigenvalue weighted by Gasteiger charge is 2.15. The highest BCUT2D eigenvalue weighted by Crippen LogP contribution is 2.30. The van der Waals surface area contributed by atoms with Crippen LogP contribution in [0.4, 0.5) is 0 Å². The molecule has 0 bridgehead atoms. The Kier molecular flexibility index (Phi) is 2.78. The molecule has 2 atom stereocenters. The molecule has 0 nitrogen and oxygen atoms in total. The number of alkyl halides is 1. The molecule has 0 aliphatic carbocycles. The lowest BCUT2D eigenvalue weighted by atomic mass is 10.0. The molecule has 0 radical (unpaired) electrons. The molecule has 0 saturated carbocycles. The largest absolute Gasteiger partial charge is 0.122 e. The van der Waals surface area contributed by atoms with Gasteiger partial charge in [-0.1, -0.05) is 36.7 Å². The predicted octanol–water partition coefficient (Wildman–Crippen LogP) is 2.63. The topological polar surface area (TPSA) is 0 Å². The molecule has 0 saturated heterocycles. The van der Waals surface area contributed by atoms with E-state index in [0.29, 0.717) is 9.98 Å². The van der Waals surface area contributed by atoms with Crippen molar-refractivity contribution in [2.45, 2.75) is 25.3 Å². The Bertz CT molecular complexity index is 53.6. The molecule has 0 rings (SSSR count). The summed E-state index contributed by atoms with van der Waals surface area (Å²) in [4.78, 5) is 0. The van der Waals surface area contributed by atoms with Gasteiger partial charge in [0.05, 0.1) is 0 Å². The summed E-state index contributed by atoms with van der Waals surface area (Å²) in [6.45, 7) is 6.58. The van der Waals surface area contributed by atoms with E-state index in [1.54, 1.807) is 0 Å². The third kappa shape index (κ3) is 3.49. The Morgan fingerprint density at radius 2 is 1.57 bits per heavy atom. The molecule has 0 aliphatic rings. The maximum Gasteiger partial charge on any atom is 0.0336 e. The van der Waals surface area contributed by atoms with E-state index in [1.165, 1.54) is 0 Å². The Morgan fingerprint density at radius 3 is 1.57 bits per heavy atom. The summed E-state index contributed by atoms with van der Waals surface area (Å²) in [6, 6.07) is 0. The van der Waals surface area contributed by atoms with E-state index in [0.717, 1.165) is 0 Å². The molecular formula is C5H12BrP. The standard InChI is InChI=1S/C5H12BrP/c1-5(2,3)4(6)7/h4H,7H2,1-3H3. The van der Waals surface area contributed by atoms with Gasteiger partial charge in [-0.3, -0.25) is 0 Å². The molecular weight excluding hydrogens is 171 g/mol. The summed E-state index contributed by atoms with van der Waals surface area (Å²) in [5.41, 5.74) is 0.380. The van der Waals surface area contributed by atoms with Gasteiger partial charge in [0.1, 0.15) is 0 Å². The van der Waals surface area contributed by atoms with Crippen LogP contribution in [0.1, 0.15) is 20.8 Å². The van der Waals surface area contributed by atoms with Crippen LogP contribution in [0.5, 0.6) is 0 Å². The van der Waals surface area contributed by atoms with E-state index < -0.39 is 0 Å². The molecule has 0 fully saturated rings. The molecule has 0 aromatic carbocycles. The van der Waals surface area contributed by atoms with Crippen LogP contribution >= 0.6 is 25.2 Å². The quantitative estimate of drug-likeness (QED) is 0.400. The second-order valence-electron chi connectivity index (χ2n) is 2.77. The van der Waals surface area contributed by atoms with E-state index in [2.05, 4.69) is 45.9 Å². The third-order valence-electron chi connectivity index (χ3n) is 0.827. The number of hydrogen-bond acceptors (Lipinski definition) is 0. The van der Waals surface area contributed by atoms with E-state index in [4.69, 9.17) is 0 Å². The molecule has 0 N–H and O–H groups in total. The van der Waals surface area contributed by atoms with Crippen LogP contribution in [0.15, 0.2) is 0 Å². The highest BCUT2D eigenvalue weighted by atomic mass is 79.9. The monoisotopic (exact) mass is 182 g/mol. The maximum absolute atomic E-state index is 3.46. The lowest BCUT2D eigenvalue weighted by Crippen LogP contribution is -2.12. The molecule has 44 valence electrons. The highest BCUT2D eigenvalue weighted by molar-refractivity contribution is 9.10. The SMILES string of the molecule is CC(C)(C)C(P)Br. The first-order chi connectivity index (χ1) is 2.94. The van der Waals surface area contributed by atoms with Crippen molar-refractivity contribution in [3.05, 3.63) is 0 Å². The van der Waals surface area contributed by atoms with Gasteiger partial charge >= 0.3 is 0 Å². The van der Waals surface area contributed by atoms with E-state index >= 15 is 0 Å². The van der Waals surface area contributed by atoms with E-state index in [-0.39, 0.29) is 0 Å². The van der Waals surface area contributed by atoms with Gasteiger partial charge in [0.15, 0.2) is 0 Å². The minimum atomic E-state index is 0.380. The van der Waals surface area contributed by atoms with Crippen molar-refractivity contribution < 1.29 is 0 Å². The van der Waals surface area contributed by atoms with Crippen LogP contribution in [-0.2, 0) is 0 Å². The summed E-state index contributed by atoms with van der Waals surface area (Å²) >= 11 is 3.46. The van der Waals surface area contributed by atoms with Crippen molar-refractivity contribution in [1.82, 2.24) is 0 Å². The van der Waals surface area contributed by atoms with Crippen LogP contribution < -0.4 is 0 Å². The van der Waals surface area contributed by atoms with Gasteiger partial charge in [-0.2, -0.15) is 0 Å². The molecule has 0 heterocycles. The van der Waals surface area contributed by atoms with E-state index in [9.17, 15) is 0 Å². The van der Waals surface area contributed by atoms with Crippen molar-refractivity contribution in [3.8, 4) is 0 Å². The van der Waals surface area contributed by atoms with Crippen LogP contribution in [-0.4, -0.2) is 4.57 Å². The first-order valence-electron chi connectivity index (χ1n) is 2.34. The third-order valence-corrected chi connectivity index (χ3v) is 3.20. The Balaban J connectivity index is 3.54. The van der Waals surface area contributed by atoms with Crippen molar-refractivity contribution in [2.75, 3.05) is 0 Å². The molecule has 2 heteroatoms. The number of halogens is 1. The zero-order chi connectivity index (χ0) is 6.08. The Labute approximate surface area is 56.4 Å². The predicted molar refractivity (Wildman–Crippen MR) is 41.9 cm³/mol. The zero-order valence-electron chi connectivity index (χ0n) is 5.03. The summed E-state index contributed by atoms with van der Waals surface area (Å²) in [5, 5.41) is 0. The minimum Gasteiger partial charge on any atom is -0.122 e. The number of hydrogen-bond donors (Lipinski definition) is 0. The zero-order valence-corrected chi connectivity index (χ0v) is 7.77. The minimum absolute atomic E-state index is 0.380. The van der Waals surface area contributed by atoms with Gasteiger partial charge in [0.25, 0.3) is 0 Å². The van der Waals surface area contributed by atoms with Crippen LogP contribution in [0.3, 0.4) is 0 Å². The molecule has 7 heavy (non-hydrogen) atoms. The van der Waals surface area contributed by atoms with E-state index in [1.807, 2.05) is 0 Å². The van der Waals surface area contributed by atoms with Gasteiger partial charge in [-0.25, -0.2) is 0 Å². The van der Waals surface area contributed by atoms with Crippen LogP contribution in [0, 0.1) is 5.41 Å². The molecule has 0 aromatic heterocycles. The van der Waals surface area contributed by atoms with Gasteiger partial charge in [0.2, 0.25) is 0 Å². The average Bonchev–Trinajstić information content (AvgIpc) is 1.31. The van der Waals surface area contributed by atoms with Gasteiger partial charge in [-0.05, 0) is 5.41 Å².